The van der Waals surface area contributed by atoms with Crippen molar-refractivity contribution >= 4 is 5.91 Å². The molecule has 1 amide bonds. The number of carbonyl (C=O) groups excluding carboxylic acids is 1. The van der Waals surface area contributed by atoms with E-state index in [2.05, 4.69) is 0 Å². The van der Waals surface area contributed by atoms with Crippen molar-refractivity contribution in [3.63, 3.8) is 0 Å². The number of amides is 1. The van der Waals surface area contributed by atoms with Gasteiger partial charge < -0.3 is 10.0 Å². The summed E-state index contributed by atoms with van der Waals surface area (Å²) >= 11 is 0. The molecule has 14 heavy (non-hydrogen) atoms. The van der Waals surface area contributed by atoms with E-state index in [4.69, 9.17) is 0 Å². The number of aliphatic hydroxyl groups excluding tert-OH is 1. The fourth-order valence-corrected chi connectivity index (χ4v) is 1.34. The summed E-state index contributed by atoms with van der Waals surface area (Å²) in [7, 11) is 0. The second kappa shape index (κ2) is 4.30. The molecule has 0 aliphatic rings. The maximum atomic E-state index is 12.0. The topological polar surface area (TPSA) is 40.5 Å². The maximum Gasteiger partial charge on any atom is 0.228 e. The van der Waals surface area contributed by atoms with Crippen LogP contribution in [0.5, 0.6) is 0 Å². The second-order valence-corrected chi connectivity index (χ2v) is 5.27. The van der Waals surface area contributed by atoms with Gasteiger partial charge in [-0.05, 0) is 20.8 Å². The van der Waals surface area contributed by atoms with Crippen molar-refractivity contribution in [3.8, 4) is 0 Å². The summed E-state index contributed by atoms with van der Waals surface area (Å²) in [4.78, 5) is 13.7. The lowest BCUT2D eigenvalue weighted by molar-refractivity contribution is -0.146. The Morgan fingerprint density at radius 3 is 1.86 bits per heavy atom. The Bertz CT molecular complexity index is 204. The molecule has 0 saturated heterocycles. The zero-order valence-corrected chi connectivity index (χ0v) is 10.2. The first-order chi connectivity index (χ1) is 6.16. The number of likely N-dealkylation sites (N-methyl/N-ethyl adjacent to an activating group) is 1. The van der Waals surface area contributed by atoms with Crippen molar-refractivity contribution in [2.45, 2.75) is 47.1 Å². The number of hydrogen-bond donors (Lipinski definition) is 1. The highest BCUT2D eigenvalue weighted by Crippen LogP contribution is 2.23. The minimum absolute atomic E-state index is 0.0112. The first-order valence-electron chi connectivity index (χ1n) is 5.09. The molecule has 1 N–H and O–H groups in total. The van der Waals surface area contributed by atoms with Crippen molar-refractivity contribution in [3.05, 3.63) is 0 Å². The lowest BCUT2D eigenvalue weighted by Crippen LogP contribution is -2.53. The highest BCUT2D eigenvalue weighted by atomic mass is 16.3. The molecule has 0 unspecified atom stereocenters. The molecule has 0 radical (unpaired) electrons. The van der Waals surface area contributed by atoms with Crippen LogP contribution in [0.4, 0.5) is 0 Å². The van der Waals surface area contributed by atoms with E-state index in [1.165, 1.54) is 0 Å². The highest BCUT2D eigenvalue weighted by Gasteiger charge is 2.34. The standard InChI is InChI=1S/C11H23NO2/c1-7-12(11(5,6)8-13)9(14)10(2,3)4/h13H,7-8H2,1-6H3. The Labute approximate surface area is 87.1 Å². The number of rotatable bonds is 3. The molecule has 0 aromatic rings. The SMILES string of the molecule is CCN(C(=O)C(C)(C)C)C(C)(C)CO. The lowest BCUT2D eigenvalue weighted by atomic mass is 9.91. The van der Waals surface area contributed by atoms with Gasteiger partial charge >= 0.3 is 0 Å². The molecule has 0 aliphatic carbocycles. The molecule has 0 rings (SSSR count). The molecule has 0 aromatic carbocycles. The van der Waals surface area contributed by atoms with Crippen molar-refractivity contribution in [1.29, 1.82) is 0 Å². The van der Waals surface area contributed by atoms with Crippen LogP contribution >= 0.6 is 0 Å². The molecular weight excluding hydrogens is 178 g/mol. The van der Waals surface area contributed by atoms with Crippen LogP contribution in [0.15, 0.2) is 0 Å². The van der Waals surface area contributed by atoms with E-state index < -0.39 is 5.54 Å². The molecule has 3 nitrogen and oxygen atoms in total. The van der Waals surface area contributed by atoms with Crippen molar-refractivity contribution in [1.82, 2.24) is 4.90 Å². The molecule has 0 saturated carbocycles. The second-order valence-electron chi connectivity index (χ2n) is 5.27. The van der Waals surface area contributed by atoms with Gasteiger partial charge in [0.15, 0.2) is 0 Å². The average Bonchev–Trinajstić information content (AvgIpc) is 2.03. The van der Waals surface area contributed by atoms with Gasteiger partial charge in [0.1, 0.15) is 0 Å². The Balaban J connectivity index is 4.83. The van der Waals surface area contributed by atoms with Gasteiger partial charge in [-0.25, -0.2) is 0 Å². The van der Waals surface area contributed by atoms with Crippen LogP contribution in [-0.4, -0.2) is 34.6 Å². The summed E-state index contributed by atoms with van der Waals surface area (Å²) in [6, 6.07) is 0. The largest absolute Gasteiger partial charge is 0.394 e. The molecule has 0 spiro atoms. The van der Waals surface area contributed by atoms with Crippen LogP contribution in [0.1, 0.15) is 41.5 Å². The Morgan fingerprint density at radius 2 is 1.64 bits per heavy atom. The molecule has 0 bridgehead atoms. The summed E-state index contributed by atoms with van der Waals surface area (Å²) in [5.41, 5.74) is -0.860. The van der Waals surface area contributed by atoms with E-state index in [1.54, 1.807) is 4.90 Å². The molecule has 3 heteroatoms. The molecule has 0 atom stereocenters. The zero-order valence-electron chi connectivity index (χ0n) is 10.2. The van der Waals surface area contributed by atoms with Gasteiger partial charge in [-0.2, -0.15) is 0 Å². The molecular formula is C11H23NO2. The monoisotopic (exact) mass is 201 g/mol. The molecule has 0 aliphatic heterocycles. The molecule has 0 heterocycles. The average molecular weight is 201 g/mol. The third-order valence-corrected chi connectivity index (χ3v) is 2.32. The van der Waals surface area contributed by atoms with E-state index in [9.17, 15) is 9.90 Å². The lowest BCUT2D eigenvalue weighted by Gasteiger charge is -2.40. The molecule has 0 aromatic heterocycles. The number of hydrogen-bond acceptors (Lipinski definition) is 2. The van der Waals surface area contributed by atoms with Gasteiger partial charge in [0, 0.05) is 12.0 Å². The van der Waals surface area contributed by atoms with Crippen LogP contribution < -0.4 is 0 Å². The van der Waals surface area contributed by atoms with Gasteiger partial charge in [0.25, 0.3) is 0 Å². The normalized spacial score (nSPS) is 12.8. The highest BCUT2D eigenvalue weighted by molar-refractivity contribution is 5.82. The Hall–Kier alpha value is -0.570. The van der Waals surface area contributed by atoms with E-state index in [0.29, 0.717) is 6.54 Å². The number of nitrogens with zero attached hydrogens (tertiary/aromatic N) is 1. The fourth-order valence-electron chi connectivity index (χ4n) is 1.34. The van der Waals surface area contributed by atoms with Crippen molar-refractivity contribution < 1.29 is 9.90 Å². The molecule has 0 fully saturated rings. The van der Waals surface area contributed by atoms with Gasteiger partial charge in [-0.15, -0.1) is 0 Å². The van der Waals surface area contributed by atoms with Gasteiger partial charge in [0.2, 0.25) is 5.91 Å². The van der Waals surface area contributed by atoms with Crippen molar-refractivity contribution in [2.24, 2.45) is 5.41 Å². The zero-order chi connectivity index (χ0) is 11.6. The summed E-state index contributed by atoms with van der Waals surface area (Å²) in [5.74, 6) is 0.0825. The van der Waals surface area contributed by atoms with Crippen LogP contribution in [0.3, 0.4) is 0 Å². The number of aliphatic hydroxyl groups is 1. The Kier molecular flexibility index (Phi) is 4.13. The summed E-state index contributed by atoms with van der Waals surface area (Å²) in [6.45, 7) is 12.0. The first-order valence-corrected chi connectivity index (χ1v) is 5.09. The Morgan fingerprint density at radius 1 is 1.21 bits per heavy atom. The van der Waals surface area contributed by atoms with Gasteiger partial charge in [-0.1, -0.05) is 20.8 Å². The summed E-state index contributed by atoms with van der Waals surface area (Å²) < 4.78 is 0. The summed E-state index contributed by atoms with van der Waals surface area (Å²) in [6.07, 6.45) is 0. The van der Waals surface area contributed by atoms with E-state index in [-0.39, 0.29) is 17.9 Å². The van der Waals surface area contributed by atoms with Crippen LogP contribution in [0, 0.1) is 5.41 Å². The van der Waals surface area contributed by atoms with Crippen LogP contribution in [0.25, 0.3) is 0 Å². The van der Waals surface area contributed by atoms with E-state index in [1.807, 2.05) is 41.5 Å². The third-order valence-electron chi connectivity index (χ3n) is 2.32. The fraction of sp³-hybridized carbons (Fsp3) is 0.909. The number of carbonyl (C=O) groups is 1. The minimum atomic E-state index is -0.473. The smallest absolute Gasteiger partial charge is 0.228 e. The van der Waals surface area contributed by atoms with E-state index in [0.717, 1.165) is 0 Å². The van der Waals surface area contributed by atoms with Crippen LogP contribution in [0.2, 0.25) is 0 Å². The van der Waals surface area contributed by atoms with Gasteiger partial charge in [-0.3, -0.25) is 4.79 Å². The van der Waals surface area contributed by atoms with E-state index >= 15 is 0 Å². The predicted octanol–water partition coefficient (Wildman–Crippen LogP) is 1.65. The quantitative estimate of drug-likeness (QED) is 0.754. The maximum absolute atomic E-state index is 12.0. The first kappa shape index (κ1) is 13.4. The molecule has 84 valence electrons. The third kappa shape index (κ3) is 2.98. The van der Waals surface area contributed by atoms with Crippen molar-refractivity contribution in [2.75, 3.05) is 13.2 Å². The van der Waals surface area contributed by atoms with Crippen LogP contribution in [-0.2, 0) is 4.79 Å². The minimum Gasteiger partial charge on any atom is -0.394 e. The predicted molar refractivity (Wildman–Crippen MR) is 58.0 cm³/mol. The summed E-state index contributed by atoms with van der Waals surface area (Å²) in [5, 5.41) is 9.22. The van der Waals surface area contributed by atoms with Gasteiger partial charge in [0.05, 0.1) is 12.1 Å².